The highest BCUT2D eigenvalue weighted by Gasteiger charge is 2.43. The molecule has 0 unspecified atom stereocenters. The van der Waals surface area contributed by atoms with Gasteiger partial charge in [0.05, 0.1) is 11.1 Å². The summed E-state index contributed by atoms with van der Waals surface area (Å²) < 4.78 is 23.9. The molecule has 4 rings (SSSR count). The zero-order chi connectivity index (χ0) is 22.9. The predicted octanol–water partition coefficient (Wildman–Crippen LogP) is 3.34. The Hall–Kier alpha value is -3.49. The summed E-state index contributed by atoms with van der Waals surface area (Å²) in [6.45, 7) is 1.88. The lowest BCUT2D eigenvalue weighted by Crippen LogP contribution is -2.14. The van der Waals surface area contributed by atoms with Crippen LogP contribution in [0.4, 0.5) is 5.69 Å². The molecule has 0 saturated heterocycles. The Morgan fingerprint density at radius 3 is 2.53 bits per heavy atom. The van der Waals surface area contributed by atoms with Crippen LogP contribution in [0.3, 0.4) is 0 Å². The highest BCUT2D eigenvalue weighted by Crippen LogP contribution is 2.48. The third-order valence-corrected chi connectivity index (χ3v) is 6.56. The summed E-state index contributed by atoms with van der Waals surface area (Å²) in [4.78, 5) is 12.8. The number of nitrogens with two attached hydrogens (primary N) is 2. The first-order valence-electron chi connectivity index (χ1n) is 10.1. The van der Waals surface area contributed by atoms with Gasteiger partial charge in [-0.1, -0.05) is 48.0 Å². The van der Waals surface area contributed by atoms with Crippen LogP contribution in [0.5, 0.6) is 0 Å². The second-order valence-electron chi connectivity index (χ2n) is 8.01. The molecule has 0 aliphatic heterocycles. The van der Waals surface area contributed by atoms with E-state index in [1.807, 2.05) is 31.2 Å². The van der Waals surface area contributed by atoms with Crippen molar-refractivity contribution in [2.45, 2.75) is 24.2 Å². The minimum atomic E-state index is -3.85. The standard InChI is InChI=1S/C24H24N4O3S/c1-15-5-10-23(32(26,30)31)21(11-15)17-6-8-19(9-7-17)28-24(29)22-13-20(22)18-4-2-3-16(12-18)14-27-25/h2-12,14,20,22H,13,25H2,1H3,(H,28,29)(H2,26,30,31)/t20-,22+/m0/s1. The zero-order valence-corrected chi connectivity index (χ0v) is 18.3. The molecule has 32 heavy (non-hydrogen) atoms. The van der Waals surface area contributed by atoms with Crippen LogP contribution in [0.2, 0.25) is 0 Å². The Labute approximate surface area is 187 Å². The second-order valence-corrected chi connectivity index (χ2v) is 9.54. The lowest BCUT2D eigenvalue weighted by Gasteiger charge is -2.11. The molecule has 0 radical (unpaired) electrons. The Balaban J connectivity index is 1.47. The fourth-order valence-corrected chi connectivity index (χ4v) is 4.64. The van der Waals surface area contributed by atoms with Crippen molar-refractivity contribution in [3.63, 3.8) is 0 Å². The summed E-state index contributed by atoms with van der Waals surface area (Å²) in [7, 11) is -3.85. The molecule has 0 spiro atoms. The van der Waals surface area contributed by atoms with Gasteiger partial charge in [-0.25, -0.2) is 13.6 Å². The van der Waals surface area contributed by atoms with Crippen LogP contribution in [0.15, 0.2) is 76.7 Å². The molecule has 3 aromatic rings. The number of amides is 1. The molecule has 3 aromatic carbocycles. The summed E-state index contributed by atoms with van der Waals surface area (Å²) in [5.41, 5.74) is 4.81. The average molecular weight is 449 g/mol. The smallest absolute Gasteiger partial charge is 0.238 e. The highest BCUT2D eigenvalue weighted by molar-refractivity contribution is 7.89. The van der Waals surface area contributed by atoms with Gasteiger partial charge >= 0.3 is 0 Å². The van der Waals surface area contributed by atoms with Crippen molar-refractivity contribution in [3.05, 3.63) is 83.4 Å². The summed E-state index contributed by atoms with van der Waals surface area (Å²) in [6.07, 6.45) is 2.37. The van der Waals surface area contributed by atoms with Crippen molar-refractivity contribution in [2.75, 3.05) is 5.32 Å². The van der Waals surface area contributed by atoms with Crippen LogP contribution in [0.1, 0.15) is 29.0 Å². The third kappa shape index (κ3) is 4.71. The summed E-state index contributed by atoms with van der Waals surface area (Å²) >= 11 is 0. The summed E-state index contributed by atoms with van der Waals surface area (Å²) in [5.74, 6) is 5.26. The van der Waals surface area contributed by atoms with E-state index in [4.69, 9.17) is 11.0 Å². The van der Waals surface area contributed by atoms with Gasteiger partial charge in [-0.3, -0.25) is 4.79 Å². The number of nitrogens with one attached hydrogen (secondary N) is 1. The van der Waals surface area contributed by atoms with Gasteiger partial charge in [0.25, 0.3) is 0 Å². The maximum absolute atomic E-state index is 12.7. The highest BCUT2D eigenvalue weighted by atomic mass is 32.2. The van der Waals surface area contributed by atoms with Gasteiger partial charge in [0.2, 0.25) is 15.9 Å². The van der Waals surface area contributed by atoms with E-state index in [0.717, 1.165) is 23.1 Å². The molecule has 1 fully saturated rings. The van der Waals surface area contributed by atoms with E-state index in [1.165, 1.54) is 6.07 Å². The van der Waals surface area contributed by atoms with E-state index in [0.29, 0.717) is 16.8 Å². The number of primary sulfonamides is 1. The van der Waals surface area contributed by atoms with E-state index in [-0.39, 0.29) is 22.6 Å². The first-order valence-corrected chi connectivity index (χ1v) is 11.7. The number of aryl methyl sites for hydroxylation is 1. The van der Waals surface area contributed by atoms with Gasteiger partial charge in [-0.05, 0) is 60.2 Å². The number of hydrazone groups is 1. The number of benzene rings is 3. The average Bonchev–Trinajstić information content (AvgIpc) is 3.55. The maximum Gasteiger partial charge on any atom is 0.238 e. The summed E-state index contributed by atoms with van der Waals surface area (Å²) in [6, 6.07) is 19.9. The molecule has 5 N–H and O–H groups in total. The zero-order valence-electron chi connectivity index (χ0n) is 17.5. The number of carbonyl (C=O) groups is 1. The molecule has 164 valence electrons. The number of hydrogen-bond acceptors (Lipinski definition) is 5. The first kappa shape index (κ1) is 21.7. The Kier molecular flexibility index (Phi) is 5.82. The Bertz CT molecular complexity index is 1300. The SMILES string of the molecule is Cc1ccc(S(N)(=O)=O)c(-c2ccc(NC(=O)[C@@H]3C[C@H]3c3cccc(C=NN)c3)cc2)c1. The fourth-order valence-electron chi connectivity index (χ4n) is 3.89. The van der Waals surface area contributed by atoms with Gasteiger partial charge in [-0.15, -0.1) is 0 Å². The van der Waals surface area contributed by atoms with Crippen LogP contribution < -0.4 is 16.3 Å². The molecule has 1 amide bonds. The van der Waals surface area contributed by atoms with Gasteiger partial charge in [-0.2, -0.15) is 5.10 Å². The minimum absolute atomic E-state index is 0.0403. The molecule has 8 heteroatoms. The van der Waals surface area contributed by atoms with Crippen molar-refractivity contribution in [2.24, 2.45) is 22.0 Å². The lowest BCUT2D eigenvalue weighted by molar-refractivity contribution is -0.117. The van der Waals surface area contributed by atoms with Crippen LogP contribution in [-0.4, -0.2) is 20.5 Å². The molecule has 0 aromatic heterocycles. The van der Waals surface area contributed by atoms with Crippen molar-refractivity contribution < 1.29 is 13.2 Å². The molecular weight excluding hydrogens is 424 g/mol. The molecule has 2 atom stereocenters. The Morgan fingerprint density at radius 1 is 1.09 bits per heavy atom. The van der Waals surface area contributed by atoms with Gasteiger partial charge < -0.3 is 11.2 Å². The second kappa shape index (κ2) is 8.57. The van der Waals surface area contributed by atoms with Crippen molar-refractivity contribution in [1.82, 2.24) is 0 Å². The number of carbonyl (C=O) groups excluding carboxylic acids is 1. The molecular formula is C24H24N4O3S. The molecule has 0 heterocycles. The number of nitrogens with zero attached hydrogens (tertiary/aromatic N) is 1. The quantitative estimate of drug-likeness (QED) is 0.303. The predicted molar refractivity (Wildman–Crippen MR) is 126 cm³/mol. The molecule has 0 bridgehead atoms. The first-order chi connectivity index (χ1) is 15.3. The number of sulfonamides is 1. The largest absolute Gasteiger partial charge is 0.326 e. The topological polar surface area (TPSA) is 128 Å². The van der Waals surface area contributed by atoms with Crippen LogP contribution in [0.25, 0.3) is 11.1 Å². The van der Waals surface area contributed by atoms with Crippen LogP contribution >= 0.6 is 0 Å². The van der Waals surface area contributed by atoms with Crippen molar-refractivity contribution >= 4 is 27.8 Å². The Morgan fingerprint density at radius 2 is 1.84 bits per heavy atom. The van der Waals surface area contributed by atoms with E-state index in [1.54, 1.807) is 42.6 Å². The van der Waals surface area contributed by atoms with Gasteiger partial charge in [0.1, 0.15) is 0 Å². The number of hydrogen-bond donors (Lipinski definition) is 3. The molecule has 1 aliphatic rings. The molecule has 1 aliphatic carbocycles. The monoisotopic (exact) mass is 448 g/mol. The van der Waals surface area contributed by atoms with Crippen LogP contribution in [0, 0.1) is 12.8 Å². The van der Waals surface area contributed by atoms with E-state index < -0.39 is 10.0 Å². The van der Waals surface area contributed by atoms with E-state index >= 15 is 0 Å². The lowest BCUT2D eigenvalue weighted by atomic mass is 10.0. The van der Waals surface area contributed by atoms with Crippen LogP contribution in [-0.2, 0) is 14.8 Å². The van der Waals surface area contributed by atoms with E-state index in [9.17, 15) is 13.2 Å². The molecule has 1 saturated carbocycles. The number of anilines is 1. The van der Waals surface area contributed by atoms with Crippen molar-refractivity contribution in [1.29, 1.82) is 0 Å². The molecule has 7 nitrogen and oxygen atoms in total. The van der Waals surface area contributed by atoms with Gasteiger partial charge in [0.15, 0.2) is 0 Å². The summed E-state index contributed by atoms with van der Waals surface area (Å²) in [5, 5.41) is 11.9. The number of rotatable bonds is 6. The normalized spacial score (nSPS) is 17.9. The van der Waals surface area contributed by atoms with Crippen molar-refractivity contribution in [3.8, 4) is 11.1 Å². The van der Waals surface area contributed by atoms with E-state index in [2.05, 4.69) is 10.4 Å². The fraction of sp³-hybridized carbons (Fsp3) is 0.167. The van der Waals surface area contributed by atoms with Gasteiger partial charge in [0, 0.05) is 17.2 Å². The maximum atomic E-state index is 12.7. The third-order valence-electron chi connectivity index (χ3n) is 5.59. The minimum Gasteiger partial charge on any atom is -0.326 e.